The molecule has 0 radical (unpaired) electrons. The summed E-state index contributed by atoms with van der Waals surface area (Å²) in [6, 6.07) is 13.0. The third-order valence-electron chi connectivity index (χ3n) is 5.18. The highest BCUT2D eigenvalue weighted by molar-refractivity contribution is 7.16. The second-order valence-corrected chi connectivity index (χ2v) is 8.10. The summed E-state index contributed by atoms with van der Waals surface area (Å²) >= 11 is 1.40. The Balaban J connectivity index is 1.48. The molecule has 1 aliphatic rings. The monoisotopic (exact) mass is 418 g/mol. The maximum atomic E-state index is 13.2. The van der Waals surface area contributed by atoms with Crippen LogP contribution in [0.15, 0.2) is 74.7 Å². The number of thiophene rings is 1. The predicted octanol–water partition coefficient (Wildman–Crippen LogP) is 3.74. The number of rotatable bonds is 4. The Hall–Kier alpha value is -3.52. The first-order valence-corrected chi connectivity index (χ1v) is 10.4. The summed E-state index contributed by atoms with van der Waals surface area (Å²) in [6.45, 7) is 1.89. The van der Waals surface area contributed by atoms with Crippen LogP contribution in [0, 0.1) is 6.92 Å². The molecule has 0 unspecified atom stereocenters. The molecule has 150 valence electrons. The van der Waals surface area contributed by atoms with E-state index in [9.17, 15) is 9.59 Å². The summed E-state index contributed by atoms with van der Waals surface area (Å²) in [4.78, 5) is 30.8. The van der Waals surface area contributed by atoms with Crippen LogP contribution in [0.3, 0.4) is 0 Å². The van der Waals surface area contributed by atoms with Crippen LogP contribution in [-0.4, -0.2) is 26.2 Å². The maximum absolute atomic E-state index is 13.2. The summed E-state index contributed by atoms with van der Waals surface area (Å²) < 4.78 is 6.90. The molecular formula is C22H18N4O3S. The second kappa shape index (κ2) is 7.38. The lowest BCUT2D eigenvalue weighted by atomic mass is 10.0. The Morgan fingerprint density at radius 3 is 2.83 bits per heavy atom. The van der Waals surface area contributed by atoms with E-state index < -0.39 is 0 Å². The van der Waals surface area contributed by atoms with E-state index in [0.717, 1.165) is 16.8 Å². The van der Waals surface area contributed by atoms with Gasteiger partial charge in [-0.3, -0.25) is 14.2 Å². The third-order valence-corrected chi connectivity index (χ3v) is 6.00. The number of hydrogen-bond donors (Lipinski definition) is 0. The van der Waals surface area contributed by atoms with Crippen molar-refractivity contribution in [2.24, 2.45) is 5.10 Å². The van der Waals surface area contributed by atoms with Crippen molar-refractivity contribution in [2.75, 3.05) is 0 Å². The highest BCUT2D eigenvalue weighted by Gasteiger charge is 2.35. The molecular weight excluding hydrogens is 400 g/mol. The van der Waals surface area contributed by atoms with Gasteiger partial charge in [-0.15, -0.1) is 11.3 Å². The minimum atomic E-state index is -0.350. The lowest BCUT2D eigenvalue weighted by Gasteiger charge is -2.20. The van der Waals surface area contributed by atoms with Gasteiger partial charge in [0.25, 0.3) is 11.5 Å². The Labute approximate surface area is 175 Å². The number of hydrazone groups is 1. The zero-order valence-electron chi connectivity index (χ0n) is 16.2. The Bertz CT molecular complexity index is 1300. The number of carbonyl (C=O) groups excluding carboxylic acids is 1. The van der Waals surface area contributed by atoms with E-state index in [1.165, 1.54) is 27.2 Å². The molecule has 1 amide bonds. The topological polar surface area (TPSA) is 80.7 Å². The van der Waals surface area contributed by atoms with Crippen molar-refractivity contribution in [1.29, 1.82) is 0 Å². The first-order valence-electron chi connectivity index (χ1n) is 9.53. The fourth-order valence-electron chi connectivity index (χ4n) is 3.59. The molecule has 0 fully saturated rings. The van der Waals surface area contributed by atoms with Crippen LogP contribution in [0.1, 0.15) is 29.3 Å². The summed E-state index contributed by atoms with van der Waals surface area (Å²) in [5.41, 5.74) is 2.70. The Morgan fingerprint density at radius 2 is 2.07 bits per heavy atom. The van der Waals surface area contributed by atoms with Gasteiger partial charge in [0.1, 0.15) is 23.2 Å². The van der Waals surface area contributed by atoms with Crippen molar-refractivity contribution in [3.05, 3.63) is 87.7 Å². The van der Waals surface area contributed by atoms with E-state index in [1.807, 2.05) is 42.6 Å². The van der Waals surface area contributed by atoms with Crippen molar-refractivity contribution in [3.8, 4) is 0 Å². The average Bonchev–Trinajstić information content (AvgIpc) is 3.50. The predicted molar refractivity (Wildman–Crippen MR) is 115 cm³/mol. The largest absolute Gasteiger partial charge is 0.467 e. The highest BCUT2D eigenvalue weighted by atomic mass is 32.1. The molecule has 4 heterocycles. The van der Waals surface area contributed by atoms with Crippen LogP contribution in [0.4, 0.5) is 0 Å². The number of hydrogen-bond acceptors (Lipinski definition) is 6. The lowest BCUT2D eigenvalue weighted by Crippen LogP contribution is -2.33. The second-order valence-electron chi connectivity index (χ2n) is 7.20. The van der Waals surface area contributed by atoms with Crippen LogP contribution in [0.25, 0.3) is 10.2 Å². The SMILES string of the molecule is Cc1ccc(C2=NN(C(=O)Cn3cnc4sccc4c3=O)[C@@H](c3ccco3)C2)cc1. The van der Waals surface area contributed by atoms with Crippen LogP contribution in [-0.2, 0) is 11.3 Å². The number of furan rings is 1. The summed E-state index contributed by atoms with van der Waals surface area (Å²) in [5.74, 6) is 0.366. The Morgan fingerprint density at radius 1 is 1.23 bits per heavy atom. The fraction of sp³-hybridized carbons (Fsp3) is 0.182. The molecule has 0 aliphatic carbocycles. The molecule has 4 aromatic rings. The number of fused-ring (bicyclic) bond motifs is 1. The molecule has 3 aromatic heterocycles. The normalized spacial score (nSPS) is 16.2. The zero-order chi connectivity index (χ0) is 20.7. The van der Waals surface area contributed by atoms with E-state index in [-0.39, 0.29) is 24.1 Å². The number of benzene rings is 1. The Kier molecular flexibility index (Phi) is 4.55. The number of aromatic nitrogens is 2. The first-order chi connectivity index (χ1) is 14.6. The van der Waals surface area contributed by atoms with Crippen molar-refractivity contribution >= 4 is 33.2 Å². The zero-order valence-corrected chi connectivity index (χ0v) is 17.0. The number of nitrogens with zero attached hydrogens (tertiary/aromatic N) is 4. The minimum absolute atomic E-state index is 0.139. The van der Waals surface area contributed by atoms with E-state index in [1.54, 1.807) is 18.4 Å². The molecule has 0 spiro atoms. The smallest absolute Gasteiger partial charge is 0.263 e. The van der Waals surface area contributed by atoms with Gasteiger partial charge in [-0.25, -0.2) is 9.99 Å². The van der Waals surface area contributed by atoms with E-state index in [0.29, 0.717) is 22.4 Å². The van der Waals surface area contributed by atoms with Gasteiger partial charge in [-0.1, -0.05) is 29.8 Å². The molecule has 0 saturated carbocycles. The van der Waals surface area contributed by atoms with Crippen molar-refractivity contribution in [2.45, 2.75) is 25.9 Å². The standard InChI is InChI=1S/C22H18N4O3S/c1-14-4-6-15(7-5-14)17-11-18(19-3-2-9-29-19)26(24-17)20(27)12-25-13-23-21-16(22(25)28)8-10-30-21/h2-10,13,18H,11-12H2,1H3/t18-/m1/s1. The first kappa shape index (κ1) is 18.5. The number of carbonyl (C=O) groups is 1. The van der Waals surface area contributed by atoms with Gasteiger partial charge in [0.2, 0.25) is 0 Å². The number of aryl methyl sites for hydroxylation is 1. The van der Waals surface area contributed by atoms with Gasteiger partial charge in [-0.2, -0.15) is 5.10 Å². The molecule has 7 nitrogen and oxygen atoms in total. The molecule has 1 aliphatic heterocycles. The van der Waals surface area contributed by atoms with Gasteiger partial charge >= 0.3 is 0 Å². The molecule has 8 heteroatoms. The van der Waals surface area contributed by atoms with Crippen molar-refractivity contribution in [1.82, 2.24) is 14.6 Å². The molecule has 1 aromatic carbocycles. The fourth-order valence-corrected chi connectivity index (χ4v) is 4.31. The summed E-state index contributed by atoms with van der Waals surface area (Å²) in [5, 5.41) is 8.37. The molecule has 5 rings (SSSR count). The van der Waals surface area contributed by atoms with Crippen LogP contribution >= 0.6 is 11.3 Å². The van der Waals surface area contributed by atoms with Crippen LogP contribution < -0.4 is 5.56 Å². The van der Waals surface area contributed by atoms with Gasteiger partial charge in [0.15, 0.2) is 0 Å². The van der Waals surface area contributed by atoms with Gasteiger partial charge in [0, 0.05) is 6.42 Å². The molecule has 0 N–H and O–H groups in total. The quantitative estimate of drug-likeness (QED) is 0.506. The van der Waals surface area contributed by atoms with Crippen molar-refractivity contribution in [3.63, 3.8) is 0 Å². The molecule has 1 atom stereocenters. The minimum Gasteiger partial charge on any atom is -0.467 e. The van der Waals surface area contributed by atoms with E-state index in [4.69, 9.17) is 4.42 Å². The van der Waals surface area contributed by atoms with E-state index in [2.05, 4.69) is 10.1 Å². The molecule has 0 bridgehead atoms. The molecule has 30 heavy (non-hydrogen) atoms. The maximum Gasteiger partial charge on any atom is 0.263 e. The van der Waals surface area contributed by atoms with E-state index >= 15 is 0 Å². The van der Waals surface area contributed by atoms with Gasteiger partial charge in [-0.05, 0) is 36.1 Å². The molecule has 0 saturated heterocycles. The lowest BCUT2D eigenvalue weighted by molar-refractivity contribution is -0.134. The summed E-state index contributed by atoms with van der Waals surface area (Å²) in [6.07, 6.45) is 3.54. The third kappa shape index (κ3) is 3.25. The van der Waals surface area contributed by atoms with Crippen LogP contribution in [0.5, 0.6) is 0 Å². The average molecular weight is 418 g/mol. The number of amides is 1. The van der Waals surface area contributed by atoms with Crippen molar-refractivity contribution < 1.29 is 9.21 Å². The van der Waals surface area contributed by atoms with Crippen LogP contribution in [0.2, 0.25) is 0 Å². The highest BCUT2D eigenvalue weighted by Crippen LogP contribution is 2.33. The van der Waals surface area contributed by atoms with Gasteiger partial charge < -0.3 is 4.42 Å². The van der Waals surface area contributed by atoms with Gasteiger partial charge in [0.05, 0.1) is 23.7 Å². The summed E-state index contributed by atoms with van der Waals surface area (Å²) in [7, 11) is 0.